The summed E-state index contributed by atoms with van der Waals surface area (Å²) in [7, 11) is 0. The molecule has 0 saturated heterocycles. The topological polar surface area (TPSA) is 0 Å². The van der Waals surface area contributed by atoms with E-state index in [1.54, 1.807) is 0 Å². The molecule has 0 heterocycles. The molecule has 2 aromatic carbocycles. The van der Waals surface area contributed by atoms with Crippen molar-refractivity contribution in [3.8, 4) is 11.1 Å². The van der Waals surface area contributed by atoms with Gasteiger partial charge in [0.2, 0.25) is 0 Å². The minimum absolute atomic E-state index is 0.321. The highest BCUT2D eigenvalue weighted by atomic mass is 19.2. The number of rotatable bonds is 4. The first-order chi connectivity index (χ1) is 13.9. The monoisotopic (exact) mass is 408 g/mol. The molecule has 0 radical (unpaired) electrons. The highest BCUT2D eigenvalue weighted by Gasteiger charge is 2.27. The summed E-state index contributed by atoms with van der Waals surface area (Å²) in [6.07, 6.45) is 10.7. The number of hydrogen-bond acceptors (Lipinski definition) is 0. The first kappa shape index (κ1) is 20.4. The maximum absolute atomic E-state index is 15.1. The first-order valence-corrected chi connectivity index (χ1v) is 10.6. The van der Waals surface area contributed by atoms with E-state index in [4.69, 9.17) is 0 Å². The Morgan fingerprint density at radius 3 is 2.03 bits per heavy atom. The summed E-state index contributed by atoms with van der Waals surface area (Å²) in [4.78, 5) is 0. The molecule has 2 aromatic rings. The van der Waals surface area contributed by atoms with Crippen LogP contribution in [0.1, 0.15) is 62.5 Å². The number of hydrogen-bond donors (Lipinski definition) is 0. The maximum Gasteiger partial charge on any atom is 0.194 e. The Hall–Kier alpha value is -1.91. The van der Waals surface area contributed by atoms with Crippen LogP contribution in [-0.2, 0) is 12.8 Å². The molecule has 0 spiro atoms. The van der Waals surface area contributed by atoms with Gasteiger partial charge in [0.15, 0.2) is 17.5 Å². The lowest BCUT2D eigenvalue weighted by Gasteiger charge is -2.28. The van der Waals surface area contributed by atoms with Crippen molar-refractivity contribution in [2.75, 3.05) is 0 Å². The second-order valence-corrected chi connectivity index (χ2v) is 8.63. The summed E-state index contributed by atoms with van der Waals surface area (Å²) < 4.78 is 70.1. The Labute approximate surface area is 168 Å². The molecule has 2 aliphatic rings. The molecule has 5 heteroatoms. The third-order valence-electron chi connectivity index (χ3n) is 6.70. The fourth-order valence-electron chi connectivity index (χ4n) is 5.08. The number of benzene rings is 2. The van der Waals surface area contributed by atoms with E-state index < -0.39 is 34.6 Å². The van der Waals surface area contributed by atoms with Crippen LogP contribution in [0.2, 0.25) is 0 Å². The van der Waals surface area contributed by atoms with Crippen molar-refractivity contribution in [2.45, 2.75) is 64.2 Å². The van der Waals surface area contributed by atoms with Crippen LogP contribution in [0.3, 0.4) is 0 Å². The summed E-state index contributed by atoms with van der Waals surface area (Å²) in [6.45, 7) is 0. The van der Waals surface area contributed by atoms with E-state index in [9.17, 15) is 17.6 Å². The molecule has 1 unspecified atom stereocenters. The van der Waals surface area contributed by atoms with Gasteiger partial charge in [0.05, 0.1) is 5.56 Å². The second-order valence-electron chi connectivity index (χ2n) is 8.63. The minimum atomic E-state index is -1.65. The standard InChI is InChI=1S/C24H25F5/c25-19-11-16-10-15(7-6-14-4-2-1-3-5-14)8-9-18(16)23(28)22(19)17-12-20(26)24(29)21(27)13-17/h11-15H,1-10H2. The van der Waals surface area contributed by atoms with Crippen molar-refractivity contribution in [2.24, 2.45) is 11.8 Å². The van der Waals surface area contributed by atoms with Crippen LogP contribution in [0.25, 0.3) is 11.1 Å². The average molecular weight is 408 g/mol. The Kier molecular flexibility index (Phi) is 5.93. The second kappa shape index (κ2) is 8.45. The van der Waals surface area contributed by atoms with Gasteiger partial charge >= 0.3 is 0 Å². The van der Waals surface area contributed by atoms with Crippen molar-refractivity contribution >= 4 is 0 Å². The molecule has 29 heavy (non-hydrogen) atoms. The Morgan fingerprint density at radius 2 is 1.34 bits per heavy atom. The van der Waals surface area contributed by atoms with Crippen LogP contribution < -0.4 is 0 Å². The van der Waals surface area contributed by atoms with Crippen molar-refractivity contribution in [3.05, 3.63) is 58.4 Å². The molecule has 0 aliphatic heterocycles. The summed E-state index contributed by atoms with van der Waals surface area (Å²) >= 11 is 0. The van der Waals surface area contributed by atoms with Crippen molar-refractivity contribution in [3.63, 3.8) is 0 Å². The lowest BCUT2D eigenvalue weighted by atomic mass is 9.77. The molecular weight excluding hydrogens is 383 g/mol. The Balaban J connectivity index is 1.55. The van der Waals surface area contributed by atoms with E-state index in [1.165, 1.54) is 44.6 Å². The molecule has 1 saturated carbocycles. The zero-order valence-corrected chi connectivity index (χ0v) is 16.3. The number of fused-ring (bicyclic) bond motifs is 1. The molecule has 2 aliphatic carbocycles. The molecule has 1 atom stereocenters. The lowest BCUT2D eigenvalue weighted by molar-refractivity contribution is 0.296. The van der Waals surface area contributed by atoms with Gasteiger partial charge in [0.25, 0.3) is 0 Å². The van der Waals surface area contributed by atoms with Gasteiger partial charge < -0.3 is 0 Å². The molecule has 156 valence electrons. The van der Waals surface area contributed by atoms with Crippen LogP contribution in [0.5, 0.6) is 0 Å². The molecule has 4 rings (SSSR count). The first-order valence-electron chi connectivity index (χ1n) is 10.6. The molecule has 1 fully saturated rings. The van der Waals surface area contributed by atoms with E-state index in [2.05, 4.69) is 0 Å². The SMILES string of the molecule is Fc1cc(-c2c(F)cc3c(c2F)CCC(CCC2CCCCC2)C3)cc(F)c1F. The van der Waals surface area contributed by atoms with Gasteiger partial charge in [0, 0.05) is 0 Å². The van der Waals surface area contributed by atoms with Gasteiger partial charge in [-0.1, -0.05) is 38.5 Å². The van der Waals surface area contributed by atoms with E-state index in [1.807, 2.05) is 0 Å². The van der Waals surface area contributed by atoms with Gasteiger partial charge in [-0.3, -0.25) is 0 Å². The smallest absolute Gasteiger partial charge is 0.194 e. The Bertz CT molecular complexity index is 876. The van der Waals surface area contributed by atoms with Crippen LogP contribution in [0, 0.1) is 40.9 Å². The third-order valence-corrected chi connectivity index (χ3v) is 6.70. The molecule has 0 N–H and O–H groups in total. The van der Waals surface area contributed by atoms with Gasteiger partial charge in [-0.05, 0) is 72.4 Å². The van der Waals surface area contributed by atoms with Crippen LogP contribution in [-0.4, -0.2) is 0 Å². The predicted octanol–water partition coefficient (Wildman–Crippen LogP) is 7.51. The highest BCUT2D eigenvalue weighted by molar-refractivity contribution is 5.67. The summed E-state index contributed by atoms with van der Waals surface area (Å²) in [5.74, 6) is -5.01. The summed E-state index contributed by atoms with van der Waals surface area (Å²) in [5, 5.41) is 0. The maximum atomic E-state index is 15.1. The van der Waals surface area contributed by atoms with Crippen LogP contribution in [0.4, 0.5) is 22.0 Å². The molecule has 0 nitrogen and oxygen atoms in total. The van der Waals surface area contributed by atoms with E-state index in [0.29, 0.717) is 42.0 Å². The molecule has 0 amide bonds. The van der Waals surface area contributed by atoms with Crippen molar-refractivity contribution in [1.29, 1.82) is 0 Å². The van der Waals surface area contributed by atoms with Crippen LogP contribution >= 0.6 is 0 Å². The zero-order valence-electron chi connectivity index (χ0n) is 16.3. The minimum Gasteiger partial charge on any atom is -0.206 e. The molecular formula is C24H25F5. The van der Waals surface area contributed by atoms with Gasteiger partial charge in [-0.2, -0.15) is 0 Å². The Morgan fingerprint density at radius 1 is 0.690 bits per heavy atom. The highest BCUT2D eigenvalue weighted by Crippen LogP contribution is 2.38. The fraction of sp³-hybridized carbons (Fsp3) is 0.500. The fourth-order valence-corrected chi connectivity index (χ4v) is 5.08. The molecule has 0 bridgehead atoms. The van der Waals surface area contributed by atoms with Crippen LogP contribution in [0.15, 0.2) is 18.2 Å². The lowest BCUT2D eigenvalue weighted by Crippen LogP contribution is -2.18. The normalized spacial score (nSPS) is 20.0. The van der Waals surface area contributed by atoms with E-state index >= 15 is 4.39 Å². The van der Waals surface area contributed by atoms with Gasteiger partial charge in [0.1, 0.15) is 11.6 Å². The van der Waals surface area contributed by atoms with E-state index in [-0.39, 0.29) is 5.56 Å². The van der Waals surface area contributed by atoms with Crippen molar-refractivity contribution in [1.82, 2.24) is 0 Å². The van der Waals surface area contributed by atoms with Gasteiger partial charge in [-0.15, -0.1) is 0 Å². The van der Waals surface area contributed by atoms with Crippen molar-refractivity contribution < 1.29 is 22.0 Å². The summed E-state index contributed by atoms with van der Waals surface area (Å²) in [5.41, 5.74) is 0.257. The third kappa shape index (κ3) is 4.19. The molecule has 0 aromatic heterocycles. The largest absolute Gasteiger partial charge is 0.206 e. The van der Waals surface area contributed by atoms with Gasteiger partial charge in [-0.25, -0.2) is 22.0 Å². The zero-order chi connectivity index (χ0) is 20.5. The number of halogens is 5. The average Bonchev–Trinajstić information content (AvgIpc) is 2.71. The van der Waals surface area contributed by atoms with E-state index in [0.717, 1.165) is 18.8 Å². The summed E-state index contributed by atoms with van der Waals surface area (Å²) in [6, 6.07) is 2.57. The quantitative estimate of drug-likeness (QED) is 0.363. The predicted molar refractivity (Wildman–Crippen MR) is 103 cm³/mol.